The molecule has 1 aromatic rings. The van der Waals surface area contributed by atoms with Gasteiger partial charge in [0.15, 0.2) is 0 Å². The number of carboxylic acids is 1. The Morgan fingerprint density at radius 1 is 0.833 bits per heavy atom. The number of rotatable bonds is 11. The molecule has 36 heavy (non-hydrogen) atoms. The summed E-state index contributed by atoms with van der Waals surface area (Å²) in [4.78, 5) is 16.9. The number of hydrogen-bond donors (Lipinski definition) is 1. The van der Waals surface area contributed by atoms with Crippen LogP contribution in [0.1, 0.15) is 115 Å². The lowest BCUT2D eigenvalue weighted by Gasteiger charge is -2.46. The number of aliphatic carboxylic acids is 1. The van der Waals surface area contributed by atoms with Gasteiger partial charge >= 0.3 is 5.97 Å². The molecule has 1 aromatic carbocycles. The molecule has 0 aromatic heterocycles. The quantitative estimate of drug-likeness (QED) is 0.340. The highest BCUT2D eigenvalue weighted by Crippen LogP contribution is 2.42. The van der Waals surface area contributed by atoms with Gasteiger partial charge in [0, 0.05) is 44.8 Å². The monoisotopic (exact) mass is 496 g/mol. The molecule has 0 saturated heterocycles. The van der Waals surface area contributed by atoms with Crippen molar-refractivity contribution >= 4 is 11.7 Å². The maximum atomic E-state index is 11.6. The molecule has 1 N–H and O–H groups in total. The normalized spacial score (nSPS) is 26.2. The van der Waals surface area contributed by atoms with Gasteiger partial charge in [-0.3, -0.25) is 9.69 Å². The van der Waals surface area contributed by atoms with Gasteiger partial charge in [0.1, 0.15) is 0 Å². The number of hydrogen-bond acceptors (Lipinski definition) is 3. The van der Waals surface area contributed by atoms with Gasteiger partial charge < -0.3 is 10.0 Å². The van der Waals surface area contributed by atoms with Crippen LogP contribution < -0.4 is 4.90 Å². The molecule has 1 unspecified atom stereocenters. The highest BCUT2D eigenvalue weighted by atomic mass is 16.4. The van der Waals surface area contributed by atoms with Crippen LogP contribution in [0.15, 0.2) is 24.3 Å². The standard InChI is InChI=1S/C32H52N2O2/c1-3-20-33(2)29-17-15-28(16-18-29)30-21-27(22-32(35)36)14-19-31(30)34(23-25-10-6-4-7-11-25)24-26-12-8-5-9-13-26/h15-18,25-27,30-31H,3-14,19-24H2,1-2H3,(H,35,36)/t27?,30-,31+/m0/s1. The first kappa shape index (κ1) is 27.5. The molecule has 202 valence electrons. The van der Waals surface area contributed by atoms with Crippen molar-refractivity contribution in [2.45, 2.75) is 115 Å². The zero-order valence-corrected chi connectivity index (χ0v) is 23.2. The Hall–Kier alpha value is -1.55. The van der Waals surface area contributed by atoms with Crippen LogP contribution in [0.3, 0.4) is 0 Å². The first-order valence-corrected chi connectivity index (χ1v) is 15.3. The molecule has 3 saturated carbocycles. The molecule has 0 heterocycles. The Morgan fingerprint density at radius 2 is 1.42 bits per heavy atom. The minimum atomic E-state index is -0.630. The van der Waals surface area contributed by atoms with Gasteiger partial charge in [0.05, 0.1) is 0 Å². The number of anilines is 1. The van der Waals surface area contributed by atoms with Gasteiger partial charge in [-0.05, 0) is 92.7 Å². The van der Waals surface area contributed by atoms with E-state index in [1.165, 1.54) is 88.5 Å². The van der Waals surface area contributed by atoms with E-state index < -0.39 is 5.97 Å². The molecule has 4 rings (SSSR count). The van der Waals surface area contributed by atoms with E-state index in [1.54, 1.807) is 0 Å². The summed E-state index contributed by atoms with van der Waals surface area (Å²) in [5.41, 5.74) is 2.72. The van der Waals surface area contributed by atoms with Gasteiger partial charge in [0.25, 0.3) is 0 Å². The van der Waals surface area contributed by atoms with Crippen LogP contribution >= 0.6 is 0 Å². The van der Waals surface area contributed by atoms with E-state index in [4.69, 9.17) is 0 Å². The highest BCUT2D eigenvalue weighted by Gasteiger charge is 2.37. The van der Waals surface area contributed by atoms with Crippen molar-refractivity contribution < 1.29 is 9.90 Å². The van der Waals surface area contributed by atoms with E-state index in [2.05, 4.69) is 48.0 Å². The molecule has 0 amide bonds. The lowest BCUT2D eigenvalue weighted by molar-refractivity contribution is -0.138. The van der Waals surface area contributed by atoms with Crippen LogP contribution in [-0.2, 0) is 4.79 Å². The number of nitrogens with zero attached hydrogens (tertiary/aromatic N) is 2. The molecular weight excluding hydrogens is 444 g/mol. The van der Waals surface area contributed by atoms with E-state index >= 15 is 0 Å². The van der Waals surface area contributed by atoms with Gasteiger partial charge in [-0.2, -0.15) is 0 Å². The van der Waals surface area contributed by atoms with E-state index in [0.29, 0.717) is 24.3 Å². The summed E-state index contributed by atoms with van der Waals surface area (Å²) in [7, 11) is 2.18. The minimum Gasteiger partial charge on any atom is -0.481 e. The lowest BCUT2D eigenvalue weighted by Crippen LogP contribution is -2.47. The summed E-state index contributed by atoms with van der Waals surface area (Å²) in [5.74, 6) is 1.82. The molecule has 3 atom stereocenters. The maximum absolute atomic E-state index is 11.6. The molecule has 4 nitrogen and oxygen atoms in total. The third kappa shape index (κ3) is 7.73. The van der Waals surface area contributed by atoms with Crippen LogP contribution in [0.5, 0.6) is 0 Å². The first-order valence-electron chi connectivity index (χ1n) is 15.3. The average molecular weight is 497 g/mol. The fraction of sp³-hybridized carbons (Fsp3) is 0.781. The van der Waals surface area contributed by atoms with Crippen molar-refractivity contribution in [3.05, 3.63) is 29.8 Å². The largest absolute Gasteiger partial charge is 0.481 e. The van der Waals surface area contributed by atoms with Crippen LogP contribution in [0.25, 0.3) is 0 Å². The second-order valence-electron chi connectivity index (χ2n) is 12.4. The predicted molar refractivity (Wildman–Crippen MR) is 151 cm³/mol. The smallest absolute Gasteiger partial charge is 0.303 e. The van der Waals surface area contributed by atoms with Gasteiger partial charge in [-0.15, -0.1) is 0 Å². The number of carbonyl (C=O) groups is 1. The summed E-state index contributed by atoms with van der Waals surface area (Å²) in [6.45, 7) is 5.83. The molecule has 4 heteroatoms. The second kappa shape index (κ2) is 13.8. The van der Waals surface area contributed by atoms with Gasteiger partial charge in [0.2, 0.25) is 0 Å². The Bertz CT molecular complexity index is 762. The first-order chi connectivity index (χ1) is 17.5. The van der Waals surface area contributed by atoms with Crippen LogP contribution in [0.4, 0.5) is 5.69 Å². The van der Waals surface area contributed by atoms with Crippen molar-refractivity contribution in [3.63, 3.8) is 0 Å². The second-order valence-corrected chi connectivity index (χ2v) is 12.4. The zero-order valence-electron chi connectivity index (χ0n) is 23.2. The van der Waals surface area contributed by atoms with E-state index in [1.807, 2.05) is 0 Å². The van der Waals surface area contributed by atoms with Gasteiger partial charge in [-0.25, -0.2) is 0 Å². The van der Waals surface area contributed by atoms with E-state index in [0.717, 1.165) is 44.1 Å². The van der Waals surface area contributed by atoms with Crippen molar-refractivity contribution in [1.82, 2.24) is 4.90 Å². The fourth-order valence-corrected chi connectivity index (χ4v) is 7.66. The Morgan fingerprint density at radius 3 is 1.94 bits per heavy atom. The summed E-state index contributed by atoms with van der Waals surface area (Å²) in [6.07, 6.45) is 18.8. The van der Waals surface area contributed by atoms with E-state index in [-0.39, 0.29) is 0 Å². The summed E-state index contributed by atoms with van der Waals surface area (Å²) >= 11 is 0. The predicted octanol–water partition coefficient (Wildman–Crippen LogP) is 7.72. The van der Waals surface area contributed by atoms with Crippen molar-refractivity contribution in [2.24, 2.45) is 17.8 Å². The topological polar surface area (TPSA) is 43.8 Å². The lowest BCUT2D eigenvalue weighted by atomic mass is 9.72. The number of carboxylic acid groups (broad SMARTS) is 1. The maximum Gasteiger partial charge on any atom is 0.303 e. The molecular formula is C32H52N2O2. The summed E-state index contributed by atoms with van der Waals surface area (Å²) in [5, 5.41) is 9.56. The molecule has 0 bridgehead atoms. The third-order valence-electron chi connectivity index (χ3n) is 9.61. The molecule has 0 spiro atoms. The summed E-state index contributed by atoms with van der Waals surface area (Å²) in [6, 6.07) is 9.88. The highest BCUT2D eigenvalue weighted by molar-refractivity contribution is 5.67. The molecule has 3 aliphatic carbocycles. The minimum absolute atomic E-state index is 0.303. The Labute approximate surface area is 220 Å². The average Bonchev–Trinajstić information content (AvgIpc) is 2.89. The van der Waals surface area contributed by atoms with E-state index in [9.17, 15) is 9.90 Å². The van der Waals surface area contributed by atoms with Crippen molar-refractivity contribution in [1.29, 1.82) is 0 Å². The van der Waals surface area contributed by atoms with Crippen LogP contribution in [-0.4, -0.2) is 48.7 Å². The van der Waals surface area contributed by atoms with Crippen LogP contribution in [0.2, 0.25) is 0 Å². The van der Waals surface area contributed by atoms with Crippen molar-refractivity contribution in [2.75, 3.05) is 31.6 Å². The summed E-state index contributed by atoms with van der Waals surface area (Å²) < 4.78 is 0. The molecule has 0 radical (unpaired) electrons. The molecule has 3 aliphatic rings. The zero-order chi connectivity index (χ0) is 25.3. The molecule has 0 aliphatic heterocycles. The van der Waals surface area contributed by atoms with Gasteiger partial charge in [-0.1, -0.05) is 57.6 Å². The number of benzene rings is 1. The Balaban J connectivity index is 1.56. The van der Waals surface area contributed by atoms with Crippen LogP contribution in [0, 0.1) is 17.8 Å². The third-order valence-corrected chi connectivity index (χ3v) is 9.61. The fourth-order valence-electron chi connectivity index (χ4n) is 7.66. The molecule has 3 fully saturated rings. The Kier molecular flexibility index (Phi) is 10.6. The SMILES string of the molecule is CCCN(C)c1ccc([C@@H]2CC(CC(=O)O)CC[C@H]2N(CC2CCCCC2)CC2CCCCC2)cc1. The van der Waals surface area contributed by atoms with Crippen molar-refractivity contribution in [3.8, 4) is 0 Å².